The summed E-state index contributed by atoms with van der Waals surface area (Å²) < 4.78 is 0. The van der Waals surface area contributed by atoms with Gasteiger partial charge in [-0.05, 0) is 17.7 Å². The van der Waals surface area contributed by atoms with Gasteiger partial charge in [0.2, 0.25) is 0 Å². The minimum atomic E-state index is 0.646. The minimum absolute atomic E-state index is 0.646. The zero-order valence-electron chi connectivity index (χ0n) is 9.87. The number of imidazole rings is 1. The Morgan fingerprint density at radius 2 is 2.21 bits per heavy atom. The maximum absolute atomic E-state index is 5.33. The van der Waals surface area contributed by atoms with E-state index in [2.05, 4.69) is 30.3 Å². The first-order valence-electron chi connectivity index (χ1n) is 5.55. The molecule has 0 amide bonds. The number of nitrogen functional groups attached to an aromatic ring is 1. The molecule has 0 atom stereocenters. The lowest BCUT2D eigenvalue weighted by atomic mass is 10.3. The third-order valence-corrected chi connectivity index (χ3v) is 3.60. The topological polar surface area (TPSA) is 105 Å². The number of anilines is 1. The highest BCUT2D eigenvalue weighted by Gasteiger charge is 2.06. The van der Waals surface area contributed by atoms with E-state index in [1.165, 1.54) is 6.33 Å². The van der Waals surface area contributed by atoms with Crippen LogP contribution in [0.1, 0.15) is 5.56 Å². The van der Waals surface area contributed by atoms with Crippen LogP contribution in [-0.2, 0) is 5.75 Å². The van der Waals surface area contributed by atoms with Gasteiger partial charge in [0.05, 0.1) is 6.33 Å². The van der Waals surface area contributed by atoms with Crippen molar-refractivity contribution in [1.82, 2.24) is 24.9 Å². The molecular formula is C11H11N7S. The van der Waals surface area contributed by atoms with Gasteiger partial charge in [-0.1, -0.05) is 11.8 Å². The number of nitrogens with two attached hydrogens (primary N) is 1. The molecule has 0 aliphatic heterocycles. The number of hydrazine groups is 1. The molecule has 0 aliphatic carbocycles. The minimum Gasteiger partial charge on any atom is -0.341 e. The van der Waals surface area contributed by atoms with Crippen molar-refractivity contribution in [2.24, 2.45) is 5.84 Å². The van der Waals surface area contributed by atoms with Gasteiger partial charge in [0.15, 0.2) is 5.65 Å². The molecule has 0 aliphatic rings. The van der Waals surface area contributed by atoms with Crippen LogP contribution in [0.3, 0.4) is 0 Å². The van der Waals surface area contributed by atoms with Crippen LogP contribution in [-0.4, -0.2) is 24.9 Å². The highest BCUT2D eigenvalue weighted by molar-refractivity contribution is 7.98. The Morgan fingerprint density at radius 1 is 1.26 bits per heavy atom. The van der Waals surface area contributed by atoms with Gasteiger partial charge in [-0.25, -0.2) is 25.8 Å². The van der Waals surface area contributed by atoms with E-state index in [-0.39, 0.29) is 0 Å². The van der Waals surface area contributed by atoms with Crippen molar-refractivity contribution in [3.05, 3.63) is 36.5 Å². The molecule has 0 fully saturated rings. The maximum atomic E-state index is 5.33. The molecule has 0 radical (unpaired) electrons. The molecule has 0 saturated carbocycles. The summed E-state index contributed by atoms with van der Waals surface area (Å²) in [5, 5.41) is 0.876. The summed E-state index contributed by atoms with van der Waals surface area (Å²) in [6, 6.07) is 3.84. The Kier molecular flexibility index (Phi) is 3.25. The van der Waals surface area contributed by atoms with Crippen molar-refractivity contribution < 1.29 is 0 Å². The summed E-state index contributed by atoms with van der Waals surface area (Å²) in [6.07, 6.45) is 4.86. The van der Waals surface area contributed by atoms with E-state index < -0.39 is 0 Å². The number of nitrogens with zero attached hydrogens (tertiary/aromatic N) is 4. The third kappa shape index (κ3) is 2.49. The first kappa shape index (κ1) is 11.9. The Balaban J connectivity index is 1.80. The van der Waals surface area contributed by atoms with Crippen LogP contribution in [0.4, 0.5) is 5.82 Å². The van der Waals surface area contributed by atoms with Gasteiger partial charge >= 0.3 is 0 Å². The molecule has 0 aromatic carbocycles. The molecule has 8 heteroatoms. The monoisotopic (exact) mass is 273 g/mol. The number of pyridine rings is 1. The summed E-state index contributed by atoms with van der Waals surface area (Å²) in [4.78, 5) is 19.6. The molecule has 96 valence electrons. The van der Waals surface area contributed by atoms with E-state index in [1.54, 1.807) is 24.3 Å². The van der Waals surface area contributed by atoms with Crippen molar-refractivity contribution in [1.29, 1.82) is 0 Å². The molecule has 3 aromatic heterocycles. The first-order valence-corrected chi connectivity index (χ1v) is 6.54. The normalized spacial score (nSPS) is 10.8. The lowest BCUT2D eigenvalue weighted by Crippen LogP contribution is -2.08. The van der Waals surface area contributed by atoms with Gasteiger partial charge in [0.25, 0.3) is 0 Å². The van der Waals surface area contributed by atoms with Crippen molar-refractivity contribution >= 4 is 28.7 Å². The fraction of sp³-hybridized carbons (Fsp3) is 0.0909. The van der Waals surface area contributed by atoms with Crippen LogP contribution in [0.5, 0.6) is 0 Å². The largest absolute Gasteiger partial charge is 0.341 e. The number of fused-ring (bicyclic) bond motifs is 1. The van der Waals surface area contributed by atoms with Crippen molar-refractivity contribution in [2.75, 3.05) is 5.43 Å². The number of thioether (sulfide) groups is 1. The van der Waals surface area contributed by atoms with Gasteiger partial charge in [-0.15, -0.1) is 0 Å². The molecule has 0 spiro atoms. The molecule has 3 aromatic rings. The lowest BCUT2D eigenvalue weighted by Gasteiger charge is -2.04. The summed E-state index contributed by atoms with van der Waals surface area (Å²) in [5.74, 6) is 6.75. The highest BCUT2D eigenvalue weighted by Crippen LogP contribution is 2.25. The van der Waals surface area contributed by atoms with E-state index in [4.69, 9.17) is 5.84 Å². The van der Waals surface area contributed by atoms with Crippen LogP contribution in [0.15, 0.2) is 36.0 Å². The molecule has 3 rings (SSSR count). The zero-order valence-corrected chi connectivity index (χ0v) is 10.7. The number of aromatic amines is 1. The Bertz CT molecular complexity index is 696. The highest BCUT2D eigenvalue weighted by atomic mass is 32.2. The Hall–Kier alpha value is -2.19. The Labute approximate surface area is 113 Å². The first-order chi connectivity index (χ1) is 9.36. The second kappa shape index (κ2) is 5.21. The van der Waals surface area contributed by atoms with E-state index in [9.17, 15) is 0 Å². The fourth-order valence-electron chi connectivity index (χ4n) is 1.65. The predicted octanol–water partition coefficient (Wildman–Crippen LogP) is 1.33. The smallest absolute Gasteiger partial charge is 0.181 e. The quantitative estimate of drug-likeness (QED) is 0.285. The van der Waals surface area contributed by atoms with Gasteiger partial charge < -0.3 is 10.4 Å². The lowest BCUT2D eigenvalue weighted by molar-refractivity contribution is 1.08. The van der Waals surface area contributed by atoms with Crippen molar-refractivity contribution in [3.8, 4) is 0 Å². The van der Waals surface area contributed by atoms with Crippen LogP contribution < -0.4 is 11.3 Å². The Morgan fingerprint density at radius 3 is 3.11 bits per heavy atom. The van der Waals surface area contributed by atoms with Crippen LogP contribution in [0, 0.1) is 0 Å². The van der Waals surface area contributed by atoms with Gasteiger partial charge in [0.1, 0.15) is 22.7 Å². The van der Waals surface area contributed by atoms with Crippen LogP contribution in [0.2, 0.25) is 0 Å². The summed E-state index contributed by atoms with van der Waals surface area (Å²) in [6.45, 7) is 0. The molecule has 7 nitrogen and oxygen atoms in total. The van der Waals surface area contributed by atoms with Gasteiger partial charge in [-0.2, -0.15) is 0 Å². The molecule has 3 heterocycles. The van der Waals surface area contributed by atoms with Crippen molar-refractivity contribution in [2.45, 2.75) is 10.8 Å². The van der Waals surface area contributed by atoms with Gasteiger partial charge in [-0.3, -0.25) is 0 Å². The summed E-state index contributed by atoms with van der Waals surface area (Å²) >= 11 is 1.61. The van der Waals surface area contributed by atoms with E-state index in [1.807, 2.05) is 12.1 Å². The van der Waals surface area contributed by atoms with E-state index in [0.29, 0.717) is 11.5 Å². The molecule has 0 saturated heterocycles. The standard InChI is InChI=1S/C11H11N7S/c12-18-8-3-7(1-2-13-8)4-19-11-9-10(15-5-14-9)16-6-17-11/h1-3,5-6H,4,12H2,(H,13,18)(H,14,15,16,17). The SMILES string of the molecule is NNc1cc(CSc2ncnc3nc[nH]c23)ccn1. The van der Waals surface area contributed by atoms with Crippen LogP contribution in [0.25, 0.3) is 11.2 Å². The maximum Gasteiger partial charge on any atom is 0.181 e. The molecule has 0 bridgehead atoms. The summed E-state index contributed by atoms with van der Waals surface area (Å²) in [7, 11) is 0. The molecule has 0 unspecified atom stereocenters. The predicted molar refractivity (Wildman–Crippen MR) is 73.3 cm³/mol. The number of aromatic nitrogens is 5. The van der Waals surface area contributed by atoms with Crippen molar-refractivity contribution in [3.63, 3.8) is 0 Å². The molecule has 19 heavy (non-hydrogen) atoms. The zero-order chi connectivity index (χ0) is 13.1. The molecule has 4 N–H and O–H groups in total. The van der Waals surface area contributed by atoms with Gasteiger partial charge in [0, 0.05) is 11.9 Å². The average molecular weight is 273 g/mol. The van der Waals surface area contributed by atoms with E-state index >= 15 is 0 Å². The van der Waals surface area contributed by atoms with Crippen LogP contribution >= 0.6 is 11.8 Å². The second-order valence-electron chi connectivity index (χ2n) is 3.76. The second-order valence-corrected chi connectivity index (χ2v) is 4.73. The number of nitrogens with one attached hydrogen (secondary N) is 2. The number of hydrogen-bond acceptors (Lipinski definition) is 7. The molecular weight excluding hydrogens is 262 g/mol. The number of H-pyrrole nitrogens is 1. The van der Waals surface area contributed by atoms with E-state index in [0.717, 1.165) is 21.9 Å². The number of rotatable bonds is 4. The number of hydrogen-bond donors (Lipinski definition) is 3. The summed E-state index contributed by atoms with van der Waals surface area (Å²) in [5.41, 5.74) is 5.18. The third-order valence-electron chi connectivity index (χ3n) is 2.54. The fourth-order valence-corrected chi connectivity index (χ4v) is 2.55. The average Bonchev–Trinajstić information content (AvgIpc) is 2.94.